The van der Waals surface area contributed by atoms with E-state index in [9.17, 15) is 4.79 Å². The molecule has 0 aliphatic carbocycles. The normalized spacial score (nSPS) is 10.1. The third-order valence-electron chi connectivity index (χ3n) is 2.09. The second-order valence-corrected chi connectivity index (χ2v) is 3.12. The number of hydrogen-bond donors (Lipinski definition) is 1. The largest absolute Gasteiger partial charge is 0.497 e. The summed E-state index contributed by atoms with van der Waals surface area (Å²) >= 11 is 0. The zero-order valence-corrected chi connectivity index (χ0v) is 8.64. The number of carbonyl (C=O) groups excluding carboxylic acids is 1. The fraction of sp³-hybridized carbons (Fsp3) is 0.0909. The van der Waals surface area contributed by atoms with E-state index >= 15 is 0 Å². The van der Waals surface area contributed by atoms with E-state index in [0.29, 0.717) is 17.0 Å². The van der Waals surface area contributed by atoms with E-state index in [1.54, 1.807) is 24.4 Å². The molecule has 5 nitrogen and oxygen atoms in total. The van der Waals surface area contributed by atoms with Crippen LogP contribution in [0.4, 0.5) is 4.79 Å². The van der Waals surface area contributed by atoms with E-state index in [2.05, 4.69) is 4.98 Å². The highest BCUT2D eigenvalue weighted by atomic mass is 16.5. The number of nitrogens with zero attached hydrogens (tertiary/aromatic N) is 1. The predicted octanol–water partition coefficient (Wildman–Crippen LogP) is 1.70. The van der Waals surface area contributed by atoms with Crippen LogP contribution in [0.2, 0.25) is 0 Å². The third-order valence-corrected chi connectivity index (χ3v) is 2.09. The van der Waals surface area contributed by atoms with E-state index in [-0.39, 0.29) is 0 Å². The number of hydrogen-bond acceptors (Lipinski definition) is 4. The summed E-state index contributed by atoms with van der Waals surface area (Å²) in [6.45, 7) is 0. The Morgan fingerprint density at radius 3 is 2.94 bits per heavy atom. The minimum Gasteiger partial charge on any atom is -0.497 e. The average Bonchev–Trinajstić information content (AvgIpc) is 2.28. The number of methoxy groups -OCH3 is 1. The van der Waals surface area contributed by atoms with Crippen molar-refractivity contribution >= 4 is 17.0 Å². The number of primary amides is 1. The van der Waals surface area contributed by atoms with Crippen LogP contribution < -0.4 is 15.2 Å². The maximum atomic E-state index is 10.7. The van der Waals surface area contributed by atoms with Crippen molar-refractivity contribution in [2.24, 2.45) is 5.73 Å². The number of pyridine rings is 1. The Labute approximate surface area is 91.8 Å². The first kappa shape index (κ1) is 10.2. The lowest BCUT2D eigenvalue weighted by Crippen LogP contribution is -2.16. The van der Waals surface area contributed by atoms with Gasteiger partial charge in [0.05, 0.1) is 7.11 Å². The van der Waals surface area contributed by atoms with Crippen molar-refractivity contribution in [2.75, 3.05) is 7.11 Å². The minimum atomic E-state index is -0.875. The van der Waals surface area contributed by atoms with Crippen LogP contribution in [0, 0.1) is 0 Å². The molecule has 82 valence electrons. The lowest BCUT2D eigenvalue weighted by Gasteiger charge is -2.07. The van der Waals surface area contributed by atoms with Crippen LogP contribution in [0.15, 0.2) is 30.5 Å². The van der Waals surface area contributed by atoms with Gasteiger partial charge in [0.25, 0.3) is 0 Å². The smallest absolute Gasteiger partial charge is 0.410 e. The van der Waals surface area contributed by atoms with E-state index in [1.807, 2.05) is 6.07 Å². The molecule has 1 aromatic carbocycles. The molecule has 2 N–H and O–H groups in total. The van der Waals surface area contributed by atoms with Crippen LogP contribution in [-0.4, -0.2) is 18.2 Å². The molecule has 0 fully saturated rings. The summed E-state index contributed by atoms with van der Waals surface area (Å²) in [6.07, 6.45) is 0.739. The van der Waals surface area contributed by atoms with Crippen molar-refractivity contribution in [1.29, 1.82) is 0 Å². The molecule has 16 heavy (non-hydrogen) atoms. The highest BCUT2D eigenvalue weighted by Crippen LogP contribution is 2.29. The van der Waals surface area contributed by atoms with E-state index in [0.717, 1.165) is 5.39 Å². The van der Waals surface area contributed by atoms with Gasteiger partial charge < -0.3 is 15.2 Å². The van der Waals surface area contributed by atoms with Gasteiger partial charge in [-0.15, -0.1) is 0 Å². The molecule has 0 bridgehead atoms. The van der Waals surface area contributed by atoms with E-state index in [1.165, 1.54) is 7.11 Å². The number of benzene rings is 1. The van der Waals surface area contributed by atoms with Crippen LogP contribution in [-0.2, 0) is 0 Å². The molecular formula is C11H10N2O3. The van der Waals surface area contributed by atoms with Crippen molar-refractivity contribution in [3.05, 3.63) is 30.5 Å². The molecule has 1 heterocycles. The second kappa shape index (κ2) is 4.06. The first-order valence-electron chi connectivity index (χ1n) is 4.61. The Hall–Kier alpha value is -2.30. The number of aromatic nitrogens is 1. The quantitative estimate of drug-likeness (QED) is 0.832. The minimum absolute atomic E-state index is 0.294. The number of nitrogens with two attached hydrogens (primary N) is 1. The number of ether oxygens (including phenoxy) is 2. The topological polar surface area (TPSA) is 74.4 Å². The summed E-state index contributed by atoms with van der Waals surface area (Å²) < 4.78 is 9.95. The molecule has 0 saturated heterocycles. The molecule has 1 aromatic heterocycles. The molecule has 0 atom stereocenters. The van der Waals surface area contributed by atoms with Crippen LogP contribution >= 0.6 is 0 Å². The number of carbonyl (C=O) groups is 1. The van der Waals surface area contributed by atoms with Crippen molar-refractivity contribution < 1.29 is 14.3 Å². The Kier molecular flexibility index (Phi) is 2.59. The van der Waals surface area contributed by atoms with E-state index < -0.39 is 6.09 Å². The van der Waals surface area contributed by atoms with Crippen molar-refractivity contribution in [1.82, 2.24) is 4.98 Å². The van der Waals surface area contributed by atoms with Gasteiger partial charge in [0.15, 0.2) is 5.75 Å². The van der Waals surface area contributed by atoms with Gasteiger partial charge in [-0.2, -0.15) is 0 Å². The first-order valence-corrected chi connectivity index (χ1v) is 4.61. The van der Waals surface area contributed by atoms with Gasteiger partial charge in [-0.3, -0.25) is 4.98 Å². The van der Waals surface area contributed by atoms with Gasteiger partial charge in [0, 0.05) is 17.6 Å². The fourth-order valence-corrected chi connectivity index (χ4v) is 1.44. The average molecular weight is 218 g/mol. The Balaban J connectivity index is 2.63. The lowest BCUT2D eigenvalue weighted by molar-refractivity contribution is 0.211. The van der Waals surface area contributed by atoms with Crippen molar-refractivity contribution in [3.63, 3.8) is 0 Å². The van der Waals surface area contributed by atoms with Crippen LogP contribution in [0.25, 0.3) is 10.9 Å². The predicted molar refractivity (Wildman–Crippen MR) is 58.5 cm³/mol. The summed E-state index contributed by atoms with van der Waals surface area (Å²) in [5.41, 5.74) is 5.55. The van der Waals surface area contributed by atoms with Gasteiger partial charge in [-0.25, -0.2) is 4.79 Å². The van der Waals surface area contributed by atoms with E-state index in [4.69, 9.17) is 15.2 Å². The molecule has 5 heteroatoms. The Bertz CT molecular complexity index is 540. The van der Waals surface area contributed by atoms with Crippen LogP contribution in [0.5, 0.6) is 11.5 Å². The highest BCUT2D eigenvalue weighted by Gasteiger charge is 2.08. The number of rotatable bonds is 2. The standard InChI is InChI=1S/C11H10N2O3/c1-15-8-5-7-3-2-4-13-10(7)9(6-8)16-11(12)14/h2-6H,1H3,(H2,12,14). The van der Waals surface area contributed by atoms with Gasteiger partial charge in [0.2, 0.25) is 0 Å². The van der Waals surface area contributed by atoms with Crippen molar-refractivity contribution in [2.45, 2.75) is 0 Å². The summed E-state index contributed by atoms with van der Waals surface area (Å²) in [5.74, 6) is 0.874. The molecule has 0 unspecified atom stereocenters. The summed E-state index contributed by atoms with van der Waals surface area (Å²) in [6, 6.07) is 7.00. The van der Waals surface area contributed by atoms with Gasteiger partial charge >= 0.3 is 6.09 Å². The summed E-state index contributed by atoms with van der Waals surface area (Å²) in [4.78, 5) is 14.9. The SMILES string of the molecule is COc1cc(OC(N)=O)c2ncccc2c1. The van der Waals surface area contributed by atoms with Gasteiger partial charge in [-0.1, -0.05) is 6.07 Å². The molecule has 2 rings (SSSR count). The zero-order valence-electron chi connectivity index (χ0n) is 8.64. The molecular weight excluding hydrogens is 208 g/mol. The molecule has 0 radical (unpaired) electrons. The Morgan fingerprint density at radius 1 is 1.44 bits per heavy atom. The monoisotopic (exact) mass is 218 g/mol. The molecule has 2 aromatic rings. The van der Waals surface area contributed by atoms with Gasteiger partial charge in [-0.05, 0) is 12.1 Å². The number of fused-ring (bicyclic) bond motifs is 1. The molecule has 0 spiro atoms. The first-order chi connectivity index (χ1) is 7.70. The maximum Gasteiger partial charge on any atom is 0.410 e. The van der Waals surface area contributed by atoms with Crippen LogP contribution in [0.3, 0.4) is 0 Å². The zero-order chi connectivity index (χ0) is 11.5. The summed E-state index contributed by atoms with van der Waals surface area (Å²) in [7, 11) is 1.53. The van der Waals surface area contributed by atoms with Gasteiger partial charge in [0.1, 0.15) is 11.3 Å². The molecule has 0 aliphatic heterocycles. The maximum absolute atomic E-state index is 10.7. The lowest BCUT2D eigenvalue weighted by atomic mass is 10.2. The highest BCUT2D eigenvalue weighted by molar-refractivity contribution is 5.88. The number of amides is 1. The fourth-order valence-electron chi connectivity index (χ4n) is 1.44. The molecule has 0 aliphatic rings. The third kappa shape index (κ3) is 1.88. The van der Waals surface area contributed by atoms with Crippen LogP contribution in [0.1, 0.15) is 0 Å². The molecule has 0 saturated carbocycles. The van der Waals surface area contributed by atoms with Crippen molar-refractivity contribution in [3.8, 4) is 11.5 Å². The Morgan fingerprint density at radius 2 is 2.25 bits per heavy atom. The molecule has 1 amide bonds. The summed E-state index contributed by atoms with van der Waals surface area (Å²) in [5, 5.41) is 0.818. The second-order valence-electron chi connectivity index (χ2n) is 3.12.